The molecule has 1 amide bonds. The van der Waals surface area contributed by atoms with Gasteiger partial charge in [0, 0.05) is 16.9 Å². The van der Waals surface area contributed by atoms with Crippen LogP contribution >= 0.6 is 27.5 Å². The third-order valence-corrected chi connectivity index (χ3v) is 4.62. The number of hydrogen-bond donors (Lipinski definition) is 1. The lowest BCUT2D eigenvalue weighted by Gasteiger charge is -2.09. The molecule has 0 radical (unpaired) electrons. The number of hydrogen-bond acceptors (Lipinski definition) is 3. The highest BCUT2D eigenvalue weighted by molar-refractivity contribution is 9.10. The zero-order valence-electron chi connectivity index (χ0n) is 14.3. The van der Waals surface area contributed by atoms with Gasteiger partial charge < -0.3 is 10.1 Å². The van der Waals surface area contributed by atoms with Gasteiger partial charge in [0.25, 0.3) is 5.91 Å². The summed E-state index contributed by atoms with van der Waals surface area (Å²) in [6.07, 6.45) is 1.70. The van der Waals surface area contributed by atoms with Gasteiger partial charge in [0.1, 0.15) is 5.75 Å². The first-order valence-corrected chi connectivity index (χ1v) is 9.09. The van der Waals surface area contributed by atoms with Gasteiger partial charge in [-0.3, -0.25) is 4.79 Å². The lowest BCUT2D eigenvalue weighted by Crippen LogP contribution is -2.15. The second kappa shape index (κ2) is 7.93. The summed E-state index contributed by atoms with van der Waals surface area (Å²) in [7, 11) is 0. The van der Waals surface area contributed by atoms with Gasteiger partial charge in [0.05, 0.1) is 4.47 Å². The van der Waals surface area contributed by atoms with E-state index in [1.807, 2.05) is 32.0 Å². The van der Waals surface area contributed by atoms with E-state index in [9.17, 15) is 4.79 Å². The first-order valence-electron chi connectivity index (χ1n) is 7.92. The third kappa shape index (κ3) is 4.45. The summed E-state index contributed by atoms with van der Waals surface area (Å²) in [4.78, 5) is 12.4. The van der Waals surface area contributed by atoms with Gasteiger partial charge in [-0.05, 0) is 71.2 Å². The summed E-state index contributed by atoms with van der Waals surface area (Å²) < 4.78 is 8.00. The molecular weight excluding hydrogens is 418 g/mol. The maximum Gasteiger partial charge on any atom is 0.276 e. The Morgan fingerprint density at radius 1 is 1.23 bits per heavy atom. The van der Waals surface area contributed by atoms with Crippen LogP contribution in [-0.4, -0.2) is 15.7 Å². The topological polar surface area (TPSA) is 56.2 Å². The van der Waals surface area contributed by atoms with Gasteiger partial charge in [-0.25, -0.2) is 4.68 Å². The van der Waals surface area contributed by atoms with Crippen LogP contribution in [0.25, 0.3) is 0 Å². The fourth-order valence-electron chi connectivity index (χ4n) is 2.34. The SMILES string of the molecule is Cc1ccc(C)c(NC(=O)c2ccn(COc3ccc(Cl)cc3Br)n2)c1. The van der Waals surface area contributed by atoms with Crippen molar-refractivity contribution in [3.05, 3.63) is 75.0 Å². The number of carbonyl (C=O) groups is 1. The van der Waals surface area contributed by atoms with E-state index in [2.05, 4.69) is 26.3 Å². The molecule has 0 saturated heterocycles. The molecule has 5 nitrogen and oxygen atoms in total. The minimum atomic E-state index is -0.259. The maximum absolute atomic E-state index is 12.4. The number of aryl methyl sites for hydroxylation is 2. The van der Waals surface area contributed by atoms with Gasteiger partial charge in [-0.2, -0.15) is 5.10 Å². The van der Waals surface area contributed by atoms with Crippen molar-refractivity contribution < 1.29 is 9.53 Å². The predicted molar refractivity (Wildman–Crippen MR) is 106 cm³/mol. The molecule has 7 heteroatoms. The number of nitrogens with zero attached hydrogens (tertiary/aromatic N) is 2. The molecule has 1 N–H and O–H groups in total. The normalized spacial score (nSPS) is 10.6. The Morgan fingerprint density at radius 3 is 2.81 bits per heavy atom. The van der Waals surface area contributed by atoms with Crippen LogP contribution in [-0.2, 0) is 6.73 Å². The standard InChI is InChI=1S/C19H17BrClN3O2/c1-12-3-4-13(2)17(9-12)22-19(25)16-7-8-24(23-16)11-26-18-6-5-14(21)10-15(18)20/h3-10H,11H2,1-2H3,(H,22,25). The second-order valence-electron chi connectivity index (χ2n) is 5.86. The Balaban J connectivity index is 1.65. The van der Waals surface area contributed by atoms with Crippen LogP contribution in [0, 0.1) is 13.8 Å². The lowest BCUT2D eigenvalue weighted by molar-refractivity contribution is 0.102. The number of rotatable bonds is 5. The fraction of sp³-hybridized carbons (Fsp3) is 0.158. The van der Waals surface area contributed by atoms with E-state index in [1.165, 1.54) is 0 Å². The molecule has 0 aliphatic rings. The van der Waals surface area contributed by atoms with Crippen LogP contribution < -0.4 is 10.1 Å². The molecule has 1 aromatic heterocycles. The maximum atomic E-state index is 12.4. The van der Waals surface area contributed by atoms with Crippen molar-refractivity contribution in [3.8, 4) is 5.75 Å². The van der Waals surface area contributed by atoms with E-state index in [0.717, 1.165) is 21.3 Å². The molecule has 0 atom stereocenters. The number of ether oxygens (including phenoxy) is 1. The van der Waals surface area contributed by atoms with Crippen LogP contribution in [0.4, 0.5) is 5.69 Å². The number of aromatic nitrogens is 2. The molecule has 0 saturated carbocycles. The van der Waals surface area contributed by atoms with E-state index in [0.29, 0.717) is 16.5 Å². The summed E-state index contributed by atoms with van der Waals surface area (Å²) in [5, 5.41) is 7.77. The Bertz CT molecular complexity index is 956. The number of benzene rings is 2. The van der Waals surface area contributed by atoms with Crippen molar-refractivity contribution >= 4 is 39.1 Å². The number of halogens is 2. The monoisotopic (exact) mass is 433 g/mol. The van der Waals surface area contributed by atoms with Crippen molar-refractivity contribution in [1.82, 2.24) is 9.78 Å². The summed E-state index contributed by atoms with van der Waals surface area (Å²) in [5.74, 6) is 0.386. The average molecular weight is 435 g/mol. The van der Waals surface area contributed by atoms with E-state index in [1.54, 1.807) is 35.1 Å². The fourth-order valence-corrected chi connectivity index (χ4v) is 3.14. The van der Waals surface area contributed by atoms with Crippen molar-refractivity contribution in [3.63, 3.8) is 0 Å². The van der Waals surface area contributed by atoms with E-state index in [4.69, 9.17) is 16.3 Å². The molecule has 0 fully saturated rings. The molecule has 134 valence electrons. The molecular formula is C19H17BrClN3O2. The van der Waals surface area contributed by atoms with Crippen molar-refractivity contribution in [2.45, 2.75) is 20.6 Å². The van der Waals surface area contributed by atoms with Crippen LogP contribution in [0.5, 0.6) is 5.75 Å². The van der Waals surface area contributed by atoms with Crippen LogP contribution in [0.3, 0.4) is 0 Å². The molecule has 0 unspecified atom stereocenters. The molecule has 0 aliphatic heterocycles. The minimum Gasteiger partial charge on any atom is -0.470 e. The van der Waals surface area contributed by atoms with Gasteiger partial charge in [0.2, 0.25) is 0 Å². The van der Waals surface area contributed by atoms with Crippen molar-refractivity contribution in [1.29, 1.82) is 0 Å². The van der Waals surface area contributed by atoms with Gasteiger partial charge in [-0.1, -0.05) is 23.7 Å². The Kier molecular flexibility index (Phi) is 5.64. The number of anilines is 1. The van der Waals surface area contributed by atoms with Crippen molar-refractivity contribution in [2.75, 3.05) is 5.32 Å². The Morgan fingerprint density at radius 2 is 2.04 bits per heavy atom. The minimum absolute atomic E-state index is 0.178. The van der Waals surface area contributed by atoms with Crippen LogP contribution in [0.2, 0.25) is 5.02 Å². The smallest absolute Gasteiger partial charge is 0.276 e. The van der Waals surface area contributed by atoms with E-state index >= 15 is 0 Å². The highest BCUT2D eigenvalue weighted by Gasteiger charge is 2.12. The highest BCUT2D eigenvalue weighted by atomic mass is 79.9. The summed E-state index contributed by atoms with van der Waals surface area (Å²) in [5.41, 5.74) is 3.19. The summed E-state index contributed by atoms with van der Waals surface area (Å²) >= 11 is 9.31. The molecule has 3 aromatic rings. The summed E-state index contributed by atoms with van der Waals surface area (Å²) in [6.45, 7) is 4.11. The van der Waals surface area contributed by atoms with E-state index < -0.39 is 0 Å². The van der Waals surface area contributed by atoms with Crippen LogP contribution in [0.1, 0.15) is 21.6 Å². The van der Waals surface area contributed by atoms with Gasteiger partial charge in [0.15, 0.2) is 12.4 Å². The number of amides is 1. The Labute approximate surface area is 165 Å². The third-order valence-electron chi connectivity index (χ3n) is 3.76. The van der Waals surface area contributed by atoms with Gasteiger partial charge >= 0.3 is 0 Å². The quantitative estimate of drug-likeness (QED) is 0.600. The predicted octanol–water partition coefficient (Wildman–Crippen LogP) is 5.20. The molecule has 1 heterocycles. The van der Waals surface area contributed by atoms with Gasteiger partial charge in [-0.15, -0.1) is 0 Å². The molecule has 0 bridgehead atoms. The summed E-state index contributed by atoms with van der Waals surface area (Å²) in [6, 6.07) is 12.8. The second-order valence-corrected chi connectivity index (χ2v) is 7.15. The number of carbonyl (C=O) groups excluding carboxylic acids is 1. The van der Waals surface area contributed by atoms with Crippen LogP contribution in [0.15, 0.2) is 53.1 Å². The first-order chi connectivity index (χ1) is 12.4. The Hall–Kier alpha value is -2.31. The molecule has 3 rings (SSSR count). The number of nitrogens with one attached hydrogen (secondary N) is 1. The molecule has 26 heavy (non-hydrogen) atoms. The average Bonchev–Trinajstić information content (AvgIpc) is 3.06. The molecule has 0 spiro atoms. The molecule has 2 aromatic carbocycles. The molecule has 0 aliphatic carbocycles. The first kappa shape index (κ1) is 18.5. The van der Waals surface area contributed by atoms with E-state index in [-0.39, 0.29) is 12.6 Å². The van der Waals surface area contributed by atoms with Crippen molar-refractivity contribution in [2.24, 2.45) is 0 Å². The zero-order valence-corrected chi connectivity index (χ0v) is 16.6. The largest absolute Gasteiger partial charge is 0.470 e. The lowest BCUT2D eigenvalue weighted by atomic mass is 10.1. The zero-order chi connectivity index (χ0) is 18.7. The highest BCUT2D eigenvalue weighted by Crippen LogP contribution is 2.28.